The molecule has 0 heterocycles. The first-order chi connectivity index (χ1) is 7.81. The minimum atomic E-state index is -3.60. The maximum absolute atomic E-state index is 13.1. The molecule has 0 aromatic heterocycles. The summed E-state index contributed by atoms with van der Waals surface area (Å²) in [5.41, 5.74) is 5.60. The number of sulfonamides is 1. The SMILES string of the molecule is Cc1cc(F)c(N)cc1S(=O)(=O)NC1CC1C. The van der Waals surface area contributed by atoms with Gasteiger partial charge < -0.3 is 5.73 Å². The van der Waals surface area contributed by atoms with Crippen LogP contribution >= 0.6 is 0 Å². The Hall–Kier alpha value is -1.14. The zero-order valence-electron chi connectivity index (χ0n) is 9.70. The van der Waals surface area contributed by atoms with Gasteiger partial charge in [0.2, 0.25) is 10.0 Å². The van der Waals surface area contributed by atoms with E-state index in [0.29, 0.717) is 11.5 Å². The van der Waals surface area contributed by atoms with Crippen molar-refractivity contribution in [1.82, 2.24) is 4.72 Å². The highest BCUT2D eigenvalue weighted by atomic mass is 32.2. The normalized spacial score (nSPS) is 23.7. The second-order valence-electron chi connectivity index (χ2n) is 4.58. The molecule has 1 fully saturated rings. The van der Waals surface area contributed by atoms with Crippen LogP contribution in [0.5, 0.6) is 0 Å². The van der Waals surface area contributed by atoms with Crippen molar-refractivity contribution in [3.63, 3.8) is 0 Å². The molecule has 4 nitrogen and oxygen atoms in total. The minimum Gasteiger partial charge on any atom is -0.396 e. The summed E-state index contributed by atoms with van der Waals surface area (Å²) in [6.07, 6.45) is 0.842. The van der Waals surface area contributed by atoms with Gasteiger partial charge >= 0.3 is 0 Å². The molecule has 0 aliphatic heterocycles. The lowest BCUT2D eigenvalue weighted by Crippen LogP contribution is -2.27. The summed E-state index contributed by atoms with van der Waals surface area (Å²) in [4.78, 5) is 0.0514. The highest BCUT2D eigenvalue weighted by molar-refractivity contribution is 7.89. The van der Waals surface area contributed by atoms with E-state index in [0.717, 1.165) is 12.5 Å². The van der Waals surface area contributed by atoms with Crippen LogP contribution in [0, 0.1) is 18.7 Å². The van der Waals surface area contributed by atoms with Crippen LogP contribution in [0.4, 0.5) is 10.1 Å². The Morgan fingerprint density at radius 3 is 2.59 bits per heavy atom. The number of aryl methyl sites for hydroxylation is 1. The maximum Gasteiger partial charge on any atom is 0.241 e. The second-order valence-corrected chi connectivity index (χ2v) is 6.26. The second kappa shape index (κ2) is 3.96. The third-order valence-corrected chi connectivity index (χ3v) is 4.63. The smallest absolute Gasteiger partial charge is 0.241 e. The van der Waals surface area contributed by atoms with Gasteiger partial charge in [0.05, 0.1) is 10.6 Å². The number of halogens is 1. The zero-order chi connectivity index (χ0) is 12.8. The molecule has 17 heavy (non-hydrogen) atoms. The van der Waals surface area contributed by atoms with E-state index in [1.54, 1.807) is 6.92 Å². The Morgan fingerprint density at radius 1 is 1.47 bits per heavy atom. The Morgan fingerprint density at radius 2 is 2.06 bits per heavy atom. The van der Waals surface area contributed by atoms with E-state index in [-0.39, 0.29) is 16.6 Å². The molecule has 2 rings (SSSR count). The van der Waals surface area contributed by atoms with Gasteiger partial charge in [-0.3, -0.25) is 0 Å². The third-order valence-electron chi connectivity index (χ3n) is 3.00. The number of hydrogen-bond acceptors (Lipinski definition) is 3. The molecule has 2 unspecified atom stereocenters. The minimum absolute atomic E-state index is 0.00863. The Kier molecular flexibility index (Phi) is 2.87. The quantitative estimate of drug-likeness (QED) is 0.805. The number of nitrogens with one attached hydrogen (secondary N) is 1. The molecule has 1 aromatic rings. The van der Waals surface area contributed by atoms with Crippen LogP contribution < -0.4 is 10.5 Å². The standard InChI is InChI=1S/C11H15FN2O2S/c1-6-4-10(6)14-17(15,16)11-5-9(13)8(12)3-7(11)2/h3,5-6,10,14H,4,13H2,1-2H3. The molecule has 0 saturated heterocycles. The van der Waals surface area contributed by atoms with Gasteiger partial charge in [0.15, 0.2) is 0 Å². The molecule has 2 atom stereocenters. The van der Waals surface area contributed by atoms with Crippen molar-refractivity contribution >= 4 is 15.7 Å². The van der Waals surface area contributed by atoms with Gasteiger partial charge in [0, 0.05) is 6.04 Å². The number of benzene rings is 1. The average molecular weight is 258 g/mol. The lowest BCUT2D eigenvalue weighted by atomic mass is 10.2. The Bertz CT molecular complexity index is 557. The third kappa shape index (κ3) is 2.42. The number of nitrogens with two attached hydrogens (primary N) is 1. The Balaban J connectivity index is 2.35. The van der Waals surface area contributed by atoms with Crippen molar-refractivity contribution < 1.29 is 12.8 Å². The fourth-order valence-corrected chi connectivity index (χ4v) is 3.33. The van der Waals surface area contributed by atoms with Crippen molar-refractivity contribution in [2.75, 3.05) is 5.73 Å². The molecular formula is C11H15FN2O2S. The molecule has 6 heteroatoms. The number of anilines is 1. The lowest BCUT2D eigenvalue weighted by Gasteiger charge is -2.10. The monoisotopic (exact) mass is 258 g/mol. The summed E-state index contributed by atoms with van der Waals surface area (Å²) in [5, 5.41) is 0. The topological polar surface area (TPSA) is 72.2 Å². The highest BCUT2D eigenvalue weighted by Gasteiger charge is 2.36. The molecule has 0 amide bonds. The van der Waals surface area contributed by atoms with Crippen molar-refractivity contribution in [3.05, 3.63) is 23.5 Å². The van der Waals surface area contributed by atoms with E-state index in [2.05, 4.69) is 4.72 Å². The molecule has 3 N–H and O–H groups in total. The summed E-state index contributed by atoms with van der Waals surface area (Å²) in [5.74, 6) is -0.232. The Labute approximate surface area is 100 Å². The molecule has 0 spiro atoms. The molecule has 1 aliphatic carbocycles. The van der Waals surface area contributed by atoms with Crippen LogP contribution in [0.25, 0.3) is 0 Å². The van der Waals surface area contributed by atoms with Gasteiger partial charge in [0.1, 0.15) is 5.82 Å². The predicted octanol–water partition coefficient (Wildman–Crippen LogP) is 1.40. The van der Waals surface area contributed by atoms with Crippen LogP contribution in [0.3, 0.4) is 0 Å². The van der Waals surface area contributed by atoms with Gasteiger partial charge in [-0.1, -0.05) is 6.92 Å². The van der Waals surface area contributed by atoms with Gasteiger partial charge in [-0.15, -0.1) is 0 Å². The van der Waals surface area contributed by atoms with Crippen LogP contribution in [0.2, 0.25) is 0 Å². The van der Waals surface area contributed by atoms with Crippen molar-refractivity contribution in [2.24, 2.45) is 5.92 Å². The first-order valence-electron chi connectivity index (χ1n) is 5.39. The summed E-state index contributed by atoms with van der Waals surface area (Å²) in [7, 11) is -3.60. The van der Waals surface area contributed by atoms with Gasteiger partial charge in [0.25, 0.3) is 0 Å². The zero-order valence-corrected chi connectivity index (χ0v) is 10.5. The van der Waals surface area contributed by atoms with Crippen molar-refractivity contribution in [3.8, 4) is 0 Å². The molecule has 1 aromatic carbocycles. The number of nitrogen functional groups attached to an aromatic ring is 1. The molecule has 1 saturated carbocycles. The molecule has 94 valence electrons. The van der Waals surface area contributed by atoms with Crippen LogP contribution in [0.1, 0.15) is 18.9 Å². The largest absolute Gasteiger partial charge is 0.396 e. The van der Waals surface area contributed by atoms with Gasteiger partial charge in [-0.2, -0.15) is 0 Å². The number of rotatable bonds is 3. The number of hydrogen-bond donors (Lipinski definition) is 2. The van der Waals surface area contributed by atoms with E-state index in [1.807, 2.05) is 6.92 Å². The summed E-state index contributed by atoms with van der Waals surface area (Å²) < 4.78 is 39.8. The summed E-state index contributed by atoms with van der Waals surface area (Å²) >= 11 is 0. The van der Waals surface area contributed by atoms with E-state index < -0.39 is 15.8 Å². The molecule has 0 bridgehead atoms. The van der Waals surface area contributed by atoms with Crippen molar-refractivity contribution in [1.29, 1.82) is 0 Å². The highest BCUT2D eigenvalue weighted by Crippen LogP contribution is 2.31. The fraction of sp³-hybridized carbons (Fsp3) is 0.455. The summed E-state index contributed by atoms with van der Waals surface area (Å²) in [6, 6.07) is 2.30. The van der Waals surface area contributed by atoms with E-state index in [4.69, 9.17) is 5.73 Å². The van der Waals surface area contributed by atoms with Crippen LogP contribution in [0.15, 0.2) is 17.0 Å². The lowest BCUT2D eigenvalue weighted by molar-refractivity contribution is 0.577. The first-order valence-corrected chi connectivity index (χ1v) is 6.87. The molecule has 0 radical (unpaired) electrons. The van der Waals surface area contributed by atoms with Crippen LogP contribution in [-0.2, 0) is 10.0 Å². The van der Waals surface area contributed by atoms with Crippen LogP contribution in [-0.4, -0.2) is 14.5 Å². The predicted molar refractivity (Wildman–Crippen MR) is 63.4 cm³/mol. The fourth-order valence-electron chi connectivity index (χ4n) is 1.71. The van der Waals surface area contributed by atoms with E-state index in [9.17, 15) is 12.8 Å². The van der Waals surface area contributed by atoms with Gasteiger partial charge in [-0.25, -0.2) is 17.5 Å². The maximum atomic E-state index is 13.1. The van der Waals surface area contributed by atoms with E-state index in [1.165, 1.54) is 6.07 Å². The molecular weight excluding hydrogens is 243 g/mol. The average Bonchev–Trinajstić information content (AvgIpc) is 2.86. The van der Waals surface area contributed by atoms with Crippen molar-refractivity contribution in [2.45, 2.75) is 31.2 Å². The summed E-state index contributed by atoms with van der Waals surface area (Å²) in [6.45, 7) is 3.52. The first kappa shape index (κ1) is 12.3. The molecule has 1 aliphatic rings. The van der Waals surface area contributed by atoms with E-state index >= 15 is 0 Å². The van der Waals surface area contributed by atoms with Gasteiger partial charge in [-0.05, 0) is 37.0 Å².